The number of methoxy groups -OCH3 is 1. The van der Waals surface area contributed by atoms with Crippen LogP contribution in [-0.2, 0) is 4.79 Å². The van der Waals surface area contributed by atoms with Gasteiger partial charge in [-0.3, -0.25) is 4.79 Å². The minimum atomic E-state index is -0.171. The maximum atomic E-state index is 12.7. The van der Waals surface area contributed by atoms with Crippen molar-refractivity contribution >= 4 is 11.9 Å². The average Bonchev–Trinajstić information content (AvgIpc) is 2.74. The molecule has 20 heavy (non-hydrogen) atoms. The first-order valence-electron chi connectivity index (χ1n) is 7.30. The van der Waals surface area contributed by atoms with Crippen LogP contribution < -0.4 is 4.74 Å². The topological polar surface area (TPSA) is 26.3 Å². The minimum Gasteiger partial charge on any atom is -0.497 e. The predicted molar refractivity (Wildman–Crippen MR) is 80.6 cm³/mol. The number of carbonyl (C=O) groups is 1. The Hall–Kier alpha value is -1.57. The molecule has 0 amide bonds. The normalized spacial score (nSPS) is 32.9. The molecule has 2 aliphatic rings. The molecule has 3 rings (SSSR count). The number of ether oxygens (including phenoxy) is 1. The fourth-order valence-corrected chi connectivity index (χ4v) is 3.97. The van der Waals surface area contributed by atoms with Crippen LogP contribution in [0.15, 0.2) is 29.8 Å². The molecule has 0 aromatic heterocycles. The summed E-state index contributed by atoms with van der Waals surface area (Å²) in [6, 6.07) is 7.91. The highest BCUT2D eigenvalue weighted by Gasteiger charge is 2.63. The minimum absolute atomic E-state index is 0.0857. The van der Waals surface area contributed by atoms with Crippen molar-refractivity contribution in [1.82, 2.24) is 0 Å². The highest BCUT2D eigenvalue weighted by atomic mass is 16.5. The van der Waals surface area contributed by atoms with Crippen LogP contribution in [0.5, 0.6) is 5.75 Å². The van der Waals surface area contributed by atoms with Gasteiger partial charge >= 0.3 is 0 Å². The standard InChI is InChI=1S/C18H22O2/c1-17(2)15-9-10-18(17,3)16(19)14(15)11-12-5-7-13(20-4)8-6-12/h5-8,11,15H,9-10H2,1-4H3/b14-11+/t15-,18-/m1/s1. The van der Waals surface area contributed by atoms with Gasteiger partial charge in [0.1, 0.15) is 5.75 Å². The van der Waals surface area contributed by atoms with Crippen LogP contribution in [0.25, 0.3) is 6.08 Å². The highest BCUT2D eigenvalue weighted by molar-refractivity contribution is 6.07. The first kappa shape index (κ1) is 13.4. The van der Waals surface area contributed by atoms with E-state index in [2.05, 4.69) is 26.8 Å². The van der Waals surface area contributed by atoms with Crippen molar-refractivity contribution < 1.29 is 9.53 Å². The molecule has 2 aliphatic carbocycles. The lowest BCUT2D eigenvalue weighted by Crippen LogP contribution is -2.32. The quantitative estimate of drug-likeness (QED) is 0.756. The molecule has 2 atom stereocenters. The van der Waals surface area contributed by atoms with Crippen LogP contribution in [0.2, 0.25) is 0 Å². The van der Waals surface area contributed by atoms with E-state index in [1.165, 1.54) is 0 Å². The number of fused-ring (bicyclic) bond motifs is 2. The second-order valence-corrected chi connectivity index (χ2v) is 6.85. The molecule has 0 N–H and O–H groups in total. The second-order valence-electron chi connectivity index (χ2n) is 6.85. The second kappa shape index (κ2) is 4.21. The zero-order chi connectivity index (χ0) is 14.5. The van der Waals surface area contributed by atoms with Gasteiger partial charge in [0, 0.05) is 5.41 Å². The lowest BCUT2D eigenvalue weighted by Gasteiger charge is -2.31. The zero-order valence-electron chi connectivity index (χ0n) is 12.7. The smallest absolute Gasteiger partial charge is 0.165 e. The lowest BCUT2D eigenvalue weighted by molar-refractivity contribution is -0.125. The fourth-order valence-electron chi connectivity index (χ4n) is 3.97. The summed E-state index contributed by atoms with van der Waals surface area (Å²) in [6.45, 7) is 6.64. The van der Waals surface area contributed by atoms with Gasteiger partial charge in [-0.15, -0.1) is 0 Å². The van der Waals surface area contributed by atoms with Gasteiger partial charge in [0.05, 0.1) is 7.11 Å². The number of ketones is 1. The van der Waals surface area contributed by atoms with Crippen LogP contribution >= 0.6 is 0 Å². The molecular weight excluding hydrogens is 248 g/mol. The van der Waals surface area contributed by atoms with Crippen molar-refractivity contribution in [3.8, 4) is 5.75 Å². The molecule has 2 fully saturated rings. The van der Waals surface area contributed by atoms with E-state index >= 15 is 0 Å². The molecule has 0 radical (unpaired) electrons. The summed E-state index contributed by atoms with van der Waals surface area (Å²) in [4.78, 5) is 12.7. The molecule has 0 heterocycles. The van der Waals surface area contributed by atoms with Crippen LogP contribution in [-0.4, -0.2) is 12.9 Å². The van der Waals surface area contributed by atoms with E-state index in [0.29, 0.717) is 11.7 Å². The van der Waals surface area contributed by atoms with Crippen molar-refractivity contribution in [3.63, 3.8) is 0 Å². The van der Waals surface area contributed by atoms with E-state index in [4.69, 9.17) is 4.74 Å². The third kappa shape index (κ3) is 1.60. The van der Waals surface area contributed by atoms with E-state index < -0.39 is 0 Å². The van der Waals surface area contributed by atoms with E-state index in [0.717, 1.165) is 29.7 Å². The molecule has 1 aromatic rings. The van der Waals surface area contributed by atoms with Crippen LogP contribution in [0.3, 0.4) is 0 Å². The molecule has 2 bridgehead atoms. The number of Topliss-reactive ketones (excluding diaryl/α,β-unsaturated/α-hetero) is 1. The Labute approximate surface area is 120 Å². The highest BCUT2D eigenvalue weighted by Crippen LogP contribution is 2.65. The van der Waals surface area contributed by atoms with Crippen molar-refractivity contribution in [1.29, 1.82) is 0 Å². The molecular formula is C18H22O2. The fraction of sp³-hybridized carbons (Fsp3) is 0.500. The number of benzene rings is 1. The van der Waals surface area contributed by atoms with E-state index in [1.807, 2.05) is 24.3 Å². The van der Waals surface area contributed by atoms with Crippen LogP contribution in [0, 0.1) is 16.7 Å². The summed E-state index contributed by atoms with van der Waals surface area (Å²) < 4.78 is 5.17. The van der Waals surface area contributed by atoms with Gasteiger partial charge in [-0.25, -0.2) is 0 Å². The van der Waals surface area contributed by atoms with Gasteiger partial charge in [0.2, 0.25) is 0 Å². The van der Waals surface area contributed by atoms with E-state index in [-0.39, 0.29) is 10.8 Å². The van der Waals surface area contributed by atoms with Gasteiger partial charge in [0.25, 0.3) is 0 Å². The Morgan fingerprint density at radius 3 is 2.35 bits per heavy atom. The molecule has 0 spiro atoms. The summed E-state index contributed by atoms with van der Waals surface area (Å²) in [7, 11) is 1.66. The first-order valence-corrected chi connectivity index (χ1v) is 7.30. The third-order valence-corrected chi connectivity index (χ3v) is 5.80. The Morgan fingerprint density at radius 2 is 1.85 bits per heavy atom. The summed E-state index contributed by atoms with van der Waals surface area (Å²) in [5, 5.41) is 0. The average molecular weight is 270 g/mol. The Kier molecular flexibility index (Phi) is 2.82. The Balaban J connectivity index is 1.99. The molecule has 2 heteroatoms. The number of allylic oxidation sites excluding steroid dienone is 1. The number of carbonyl (C=O) groups excluding carboxylic acids is 1. The van der Waals surface area contributed by atoms with Crippen molar-refractivity contribution in [2.75, 3.05) is 7.11 Å². The lowest BCUT2D eigenvalue weighted by atomic mass is 9.70. The monoisotopic (exact) mass is 270 g/mol. The maximum absolute atomic E-state index is 12.7. The molecule has 0 aliphatic heterocycles. The molecule has 2 nitrogen and oxygen atoms in total. The van der Waals surface area contributed by atoms with Crippen molar-refractivity contribution in [2.24, 2.45) is 16.7 Å². The van der Waals surface area contributed by atoms with Crippen molar-refractivity contribution in [3.05, 3.63) is 35.4 Å². The summed E-state index contributed by atoms with van der Waals surface area (Å²) >= 11 is 0. The summed E-state index contributed by atoms with van der Waals surface area (Å²) in [6.07, 6.45) is 4.25. The number of hydrogen-bond acceptors (Lipinski definition) is 2. The molecule has 106 valence electrons. The van der Waals surface area contributed by atoms with Gasteiger partial charge in [-0.05, 0) is 53.5 Å². The molecule has 0 unspecified atom stereocenters. The number of hydrogen-bond donors (Lipinski definition) is 0. The van der Waals surface area contributed by atoms with E-state index in [9.17, 15) is 4.79 Å². The maximum Gasteiger partial charge on any atom is 0.165 e. The Morgan fingerprint density at radius 1 is 1.20 bits per heavy atom. The molecule has 0 saturated heterocycles. The predicted octanol–water partition coefficient (Wildman–Crippen LogP) is 4.10. The number of rotatable bonds is 2. The third-order valence-electron chi connectivity index (χ3n) is 5.80. The molecule has 2 saturated carbocycles. The van der Waals surface area contributed by atoms with Gasteiger partial charge in [-0.2, -0.15) is 0 Å². The van der Waals surface area contributed by atoms with Gasteiger partial charge in [0.15, 0.2) is 5.78 Å². The summed E-state index contributed by atoms with van der Waals surface area (Å²) in [5.41, 5.74) is 2.02. The van der Waals surface area contributed by atoms with Crippen LogP contribution in [0.1, 0.15) is 39.2 Å². The van der Waals surface area contributed by atoms with Crippen LogP contribution in [0.4, 0.5) is 0 Å². The van der Waals surface area contributed by atoms with E-state index in [1.54, 1.807) is 7.11 Å². The van der Waals surface area contributed by atoms with Crippen molar-refractivity contribution in [2.45, 2.75) is 33.6 Å². The van der Waals surface area contributed by atoms with Gasteiger partial charge in [-0.1, -0.05) is 32.9 Å². The van der Waals surface area contributed by atoms with Gasteiger partial charge < -0.3 is 4.74 Å². The SMILES string of the molecule is COc1ccc(/C=C2/C(=O)[C@@]3(C)CC[C@H]2C3(C)C)cc1. The largest absolute Gasteiger partial charge is 0.497 e. The zero-order valence-corrected chi connectivity index (χ0v) is 12.7. The first-order chi connectivity index (χ1) is 9.40. The summed E-state index contributed by atoms with van der Waals surface area (Å²) in [5.74, 6) is 1.61. The molecule has 1 aromatic carbocycles. The Bertz CT molecular complexity index is 580.